The maximum Gasteiger partial charge on any atom is 0.225 e. The molecule has 6 nitrogen and oxygen atoms in total. The van der Waals surface area contributed by atoms with Gasteiger partial charge in [-0.1, -0.05) is 0 Å². The smallest absolute Gasteiger partial charge is 0.225 e. The molecule has 1 aliphatic rings. The summed E-state index contributed by atoms with van der Waals surface area (Å²) in [5, 5.41) is 11.6. The number of nitrogens with zero attached hydrogens (tertiary/aromatic N) is 3. The molecular formula is C14H21Cl2N5OS. The minimum atomic E-state index is -0.0387. The third-order valence-corrected chi connectivity index (χ3v) is 4.72. The van der Waals surface area contributed by atoms with Crippen molar-refractivity contribution >= 4 is 42.1 Å². The van der Waals surface area contributed by atoms with E-state index in [1.807, 2.05) is 32.6 Å². The molecule has 2 atom stereocenters. The van der Waals surface area contributed by atoms with Crippen molar-refractivity contribution in [2.24, 2.45) is 13.0 Å². The summed E-state index contributed by atoms with van der Waals surface area (Å²) in [4.78, 5) is 17.7. The van der Waals surface area contributed by atoms with E-state index < -0.39 is 0 Å². The number of hydrogen-bond acceptors (Lipinski definition) is 5. The Morgan fingerprint density at radius 3 is 2.83 bits per heavy atom. The molecule has 2 N–H and O–H groups in total. The highest BCUT2D eigenvalue weighted by molar-refractivity contribution is 7.11. The zero-order valence-electron chi connectivity index (χ0n) is 13.0. The number of amides is 1. The molecule has 0 unspecified atom stereocenters. The summed E-state index contributed by atoms with van der Waals surface area (Å²) in [6.45, 7) is 4.06. The van der Waals surface area contributed by atoms with Crippen molar-refractivity contribution < 1.29 is 4.79 Å². The van der Waals surface area contributed by atoms with Gasteiger partial charge in [-0.25, -0.2) is 4.98 Å². The summed E-state index contributed by atoms with van der Waals surface area (Å²) in [5.74, 6) is 0.255. The van der Waals surface area contributed by atoms with Gasteiger partial charge in [0.1, 0.15) is 0 Å². The van der Waals surface area contributed by atoms with E-state index in [0.717, 1.165) is 22.0 Å². The molecule has 9 heteroatoms. The van der Waals surface area contributed by atoms with Crippen molar-refractivity contribution in [1.29, 1.82) is 0 Å². The first-order valence-electron chi connectivity index (χ1n) is 7.02. The number of carbonyl (C=O) groups excluding carboxylic acids is 1. The molecule has 1 amide bonds. The summed E-state index contributed by atoms with van der Waals surface area (Å²) < 4.78 is 1.78. The highest BCUT2D eigenvalue weighted by Gasteiger charge is 2.34. The standard InChI is InChI=1S/C14H19N5OS.2ClH/c1-9-16-4-11(21-9)5-17-14(20)13-7-15-6-12(13)10-3-18-19(2)8-10;;/h3-4,8,12-13,15H,5-7H2,1-2H3,(H,17,20);2*1H/t12-,13+;;/m1../s1. The third kappa shape index (κ3) is 4.67. The van der Waals surface area contributed by atoms with Gasteiger partial charge >= 0.3 is 0 Å². The lowest BCUT2D eigenvalue weighted by atomic mass is 9.90. The number of rotatable bonds is 4. The first-order chi connectivity index (χ1) is 10.1. The molecule has 0 saturated carbocycles. The van der Waals surface area contributed by atoms with Crippen LogP contribution in [0.15, 0.2) is 18.6 Å². The van der Waals surface area contributed by atoms with Gasteiger partial charge in [-0.15, -0.1) is 36.2 Å². The monoisotopic (exact) mass is 377 g/mol. The quantitative estimate of drug-likeness (QED) is 0.849. The predicted molar refractivity (Wildman–Crippen MR) is 95.5 cm³/mol. The van der Waals surface area contributed by atoms with Crippen LogP contribution in [0.5, 0.6) is 0 Å². The van der Waals surface area contributed by atoms with E-state index in [1.54, 1.807) is 16.0 Å². The summed E-state index contributed by atoms with van der Waals surface area (Å²) in [6, 6.07) is 0. The SMILES string of the molecule is Cc1ncc(CNC(=O)[C@H]2CNC[C@@H]2c2cnn(C)c2)s1.Cl.Cl. The molecule has 3 rings (SSSR count). The minimum Gasteiger partial charge on any atom is -0.351 e. The van der Waals surface area contributed by atoms with Crippen molar-refractivity contribution in [2.75, 3.05) is 13.1 Å². The van der Waals surface area contributed by atoms with Gasteiger partial charge in [0.05, 0.1) is 23.7 Å². The molecule has 128 valence electrons. The second-order valence-corrected chi connectivity index (χ2v) is 6.70. The number of hydrogen-bond donors (Lipinski definition) is 2. The lowest BCUT2D eigenvalue weighted by Gasteiger charge is -2.16. The Labute approximate surface area is 151 Å². The summed E-state index contributed by atoms with van der Waals surface area (Å²) in [7, 11) is 1.90. The molecule has 3 heterocycles. The van der Waals surface area contributed by atoms with Gasteiger partial charge in [-0.2, -0.15) is 5.10 Å². The van der Waals surface area contributed by atoms with Crippen molar-refractivity contribution in [2.45, 2.75) is 19.4 Å². The number of carbonyl (C=O) groups is 1. The predicted octanol–water partition coefficient (Wildman–Crippen LogP) is 1.65. The van der Waals surface area contributed by atoms with Gasteiger partial charge in [0, 0.05) is 43.3 Å². The zero-order valence-corrected chi connectivity index (χ0v) is 15.4. The molecule has 2 aromatic heterocycles. The van der Waals surface area contributed by atoms with Gasteiger partial charge in [-0.3, -0.25) is 9.48 Å². The largest absolute Gasteiger partial charge is 0.351 e. The fourth-order valence-corrected chi connectivity index (χ4v) is 3.46. The molecule has 1 aliphatic heterocycles. The maximum atomic E-state index is 12.4. The van der Waals surface area contributed by atoms with E-state index in [9.17, 15) is 4.79 Å². The molecule has 0 spiro atoms. The Hall–Kier alpha value is -1.15. The van der Waals surface area contributed by atoms with Gasteiger partial charge in [0.25, 0.3) is 0 Å². The van der Waals surface area contributed by atoms with Crippen molar-refractivity contribution in [3.8, 4) is 0 Å². The van der Waals surface area contributed by atoms with E-state index >= 15 is 0 Å². The first kappa shape index (κ1) is 19.9. The average molecular weight is 378 g/mol. The van der Waals surface area contributed by atoms with Gasteiger partial charge in [0.15, 0.2) is 0 Å². The van der Waals surface area contributed by atoms with Crippen LogP contribution in [0.25, 0.3) is 0 Å². The molecule has 1 fully saturated rings. The molecule has 1 saturated heterocycles. The lowest BCUT2D eigenvalue weighted by molar-refractivity contribution is -0.124. The van der Waals surface area contributed by atoms with E-state index in [4.69, 9.17) is 0 Å². The number of halogens is 2. The first-order valence-corrected chi connectivity index (χ1v) is 7.83. The molecule has 23 heavy (non-hydrogen) atoms. The highest BCUT2D eigenvalue weighted by Crippen LogP contribution is 2.28. The third-order valence-electron chi connectivity index (χ3n) is 3.81. The van der Waals surface area contributed by atoms with Crippen molar-refractivity contribution in [3.05, 3.63) is 34.0 Å². The Morgan fingerprint density at radius 2 is 2.22 bits per heavy atom. The number of nitrogens with one attached hydrogen (secondary N) is 2. The van der Waals surface area contributed by atoms with Crippen LogP contribution < -0.4 is 10.6 Å². The van der Waals surface area contributed by atoms with Gasteiger partial charge in [0.2, 0.25) is 5.91 Å². The normalized spacial score (nSPS) is 19.7. The second-order valence-electron chi connectivity index (χ2n) is 5.38. The Kier molecular flexibility index (Phi) is 7.47. The van der Waals surface area contributed by atoms with Crippen LogP contribution in [0.1, 0.15) is 21.4 Å². The van der Waals surface area contributed by atoms with E-state index in [0.29, 0.717) is 13.1 Å². The summed E-state index contributed by atoms with van der Waals surface area (Å²) >= 11 is 1.62. The lowest BCUT2D eigenvalue weighted by Crippen LogP contribution is -2.33. The summed E-state index contributed by atoms with van der Waals surface area (Å²) in [5.41, 5.74) is 1.12. The van der Waals surface area contributed by atoms with Crippen LogP contribution in [0, 0.1) is 12.8 Å². The van der Waals surface area contributed by atoms with Crippen LogP contribution in [-0.4, -0.2) is 33.8 Å². The van der Waals surface area contributed by atoms with E-state index in [-0.39, 0.29) is 42.6 Å². The zero-order chi connectivity index (χ0) is 14.8. The Morgan fingerprint density at radius 1 is 1.43 bits per heavy atom. The van der Waals surface area contributed by atoms with Crippen LogP contribution in [0.3, 0.4) is 0 Å². The molecule has 0 bridgehead atoms. The van der Waals surface area contributed by atoms with Gasteiger partial charge in [-0.05, 0) is 12.5 Å². The maximum absolute atomic E-state index is 12.4. The van der Waals surface area contributed by atoms with Crippen LogP contribution in [0.2, 0.25) is 0 Å². The molecule has 0 aliphatic carbocycles. The van der Waals surface area contributed by atoms with Crippen molar-refractivity contribution in [3.63, 3.8) is 0 Å². The van der Waals surface area contributed by atoms with E-state index in [2.05, 4.69) is 20.7 Å². The minimum absolute atomic E-state index is 0. The van der Waals surface area contributed by atoms with Crippen LogP contribution in [-0.2, 0) is 18.4 Å². The highest BCUT2D eigenvalue weighted by atomic mass is 35.5. The number of thiazole rings is 1. The van der Waals surface area contributed by atoms with Crippen molar-refractivity contribution in [1.82, 2.24) is 25.4 Å². The second kappa shape index (κ2) is 8.63. The average Bonchev–Trinajstić information content (AvgIpc) is 3.16. The molecule has 0 radical (unpaired) electrons. The Bertz CT molecular complexity index is 645. The molecule has 2 aromatic rings. The molecule has 0 aromatic carbocycles. The molecular weight excluding hydrogens is 357 g/mol. The number of aryl methyl sites for hydroxylation is 2. The topological polar surface area (TPSA) is 71.8 Å². The van der Waals surface area contributed by atoms with Crippen LogP contribution >= 0.6 is 36.2 Å². The Balaban J connectivity index is 0.00000132. The summed E-state index contributed by atoms with van der Waals surface area (Å²) in [6.07, 6.45) is 5.67. The van der Waals surface area contributed by atoms with Crippen LogP contribution in [0.4, 0.5) is 0 Å². The van der Waals surface area contributed by atoms with Gasteiger partial charge < -0.3 is 10.6 Å². The fraction of sp³-hybridized carbons (Fsp3) is 0.500. The number of aromatic nitrogens is 3. The fourth-order valence-electron chi connectivity index (χ4n) is 2.73. The van der Waals surface area contributed by atoms with E-state index in [1.165, 1.54) is 0 Å².